The molecule has 2 aliphatic heterocycles. The van der Waals surface area contributed by atoms with Crippen molar-refractivity contribution in [3.05, 3.63) is 23.5 Å². The van der Waals surface area contributed by atoms with Crippen molar-refractivity contribution in [3.8, 4) is 0 Å². The topological polar surface area (TPSA) is 19.4 Å². The lowest BCUT2D eigenvalue weighted by Gasteiger charge is -2.38. The van der Waals surface area contributed by atoms with Crippen LogP contribution in [-0.4, -0.2) is 42.1 Å². The normalized spacial score (nSPS) is 23.8. The lowest BCUT2D eigenvalue weighted by Crippen LogP contribution is -2.50. The van der Waals surface area contributed by atoms with Gasteiger partial charge in [0.2, 0.25) is 11.6 Å². The van der Waals surface area contributed by atoms with Crippen molar-refractivity contribution >= 4 is 5.69 Å². The first kappa shape index (κ1) is 12.7. The van der Waals surface area contributed by atoms with E-state index in [-0.39, 0.29) is 6.04 Å². The zero-order chi connectivity index (χ0) is 13.6. The van der Waals surface area contributed by atoms with Crippen molar-refractivity contribution in [2.45, 2.75) is 18.9 Å². The van der Waals surface area contributed by atoms with Gasteiger partial charge in [-0.15, -0.1) is 0 Å². The number of halogens is 4. The number of anilines is 1. The number of pyridine rings is 1. The average molecular weight is 275 g/mol. The highest BCUT2D eigenvalue weighted by atomic mass is 19.2. The molecule has 1 unspecified atom stereocenters. The smallest absolute Gasteiger partial charge is 0.253 e. The maximum atomic E-state index is 13.7. The minimum Gasteiger partial charge on any atom is -0.364 e. The summed E-state index contributed by atoms with van der Waals surface area (Å²) >= 11 is 0. The van der Waals surface area contributed by atoms with E-state index in [9.17, 15) is 17.6 Å². The minimum atomic E-state index is -1.59. The molecule has 104 valence electrons. The van der Waals surface area contributed by atoms with Crippen molar-refractivity contribution in [1.29, 1.82) is 0 Å². The van der Waals surface area contributed by atoms with Crippen LogP contribution in [-0.2, 0) is 0 Å². The molecule has 3 rings (SSSR count). The van der Waals surface area contributed by atoms with Crippen molar-refractivity contribution in [2.24, 2.45) is 0 Å². The standard InChI is InChI=1S/C12H13F4N3/c13-8-10(9(14)12(16)17-11(8)15)19-5-4-18-3-1-2-7(18)6-19/h7H,1-6H2. The second-order valence-corrected chi connectivity index (χ2v) is 4.95. The third-order valence-corrected chi connectivity index (χ3v) is 3.88. The van der Waals surface area contributed by atoms with Crippen LogP contribution < -0.4 is 4.90 Å². The molecule has 2 fully saturated rings. The number of aromatic nitrogens is 1. The zero-order valence-corrected chi connectivity index (χ0v) is 10.2. The van der Waals surface area contributed by atoms with E-state index >= 15 is 0 Å². The van der Waals surface area contributed by atoms with Crippen molar-refractivity contribution < 1.29 is 17.6 Å². The summed E-state index contributed by atoms with van der Waals surface area (Å²) < 4.78 is 53.6. The molecule has 1 atom stereocenters. The van der Waals surface area contributed by atoms with E-state index in [2.05, 4.69) is 9.88 Å². The highest BCUT2D eigenvalue weighted by molar-refractivity contribution is 5.49. The van der Waals surface area contributed by atoms with Gasteiger partial charge in [-0.25, -0.2) is 0 Å². The van der Waals surface area contributed by atoms with Gasteiger partial charge >= 0.3 is 0 Å². The largest absolute Gasteiger partial charge is 0.364 e. The number of nitrogens with zero attached hydrogens (tertiary/aromatic N) is 3. The Balaban J connectivity index is 1.94. The molecule has 3 heterocycles. The summed E-state index contributed by atoms with van der Waals surface area (Å²) in [4.78, 5) is 6.19. The lowest BCUT2D eigenvalue weighted by molar-refractivity contribution is 0.228. The number of hydrogen-bond donors (Lipinski definition) is 0. The number of piperazine rings is 1. The van der Waals surface area contributed by atoms with Gasteiger partial charge in [-0.3, -0.25) is 4.90 Å². The average Bonchev–Trinajstić information content (AvgIpc) is 2.84. The Hall–Kier alpha value is -1.37. The summed E-state index contributed by atoms with van der Waals surface area (Å²) in [6, 6.07) is 0.201. The fourth-order valence-electron chi connectivity index (χ4n) is 2.95. The molecule has 0 N–H and O–H groups in total. The first-order valence-electron chi connectivity index (χ1n) is 6.27. The number of rotatable bonds is 1. The molecule has 0 amide bonds. The molecule has 0 aliphatic carbocycles. The highest BCUT2D eigenvalue weighted by Crippen LogP contribution is 2.30. The van der Waals surface area contributed by atoms with Crippen molar-refractivity contribution in [2.75, 3.05) is 31.1 Å². The van der Waals surface area contributed by atoms with Crippen LogP contribution in [0.1, 0.15) is 12.8 Å². The van der Waals surface area contributed by atoms with Crippen LogP contribution in [0.4, 0.5) is 23.2 Å². The van der Waals surface area contributed by atoms with E-state index in [4.69, 9.17) is 0 Å². The Labute approximate surface area is 107 Å². The number of hydrogen-bond acceptors (Lipinski definition) is 3. The van der Waals surface area contributed by atoms with Crippen LogP contribution in [0, 0.1) is 23.5 Å². The lowest BCUT2D eigenvalue weighted by atomic mass is 10.1. The van der Waals surface area contributed by atoms with E-state index in [1.165, 1.54) is 4.90 Å². The molecular weight excluding hydrogens is 262 g/mol. The van der Waals surface area contributed by atoms with Crippen LogP contribution in [0.2, 0.25) is 0 Å². The Morgan fingerprint density at radius 1 is 0.947 bits per heavy atom. The Bertz CT molecular complexity index is 482. The van der Waals surface area contributed by atoms with Gasteiger partial charge in [-0.05, 0) is 19.4 Å². The minimum absolute atomic E-state index is 0.201. The second kappa shape index (κ2) is 4.63. The molecule has 1 aromatic rings. The van der Waals surface area contributed by atoms with Crippen LogP contribution in [0.15, 0.2) is 0 Å². The van der Waals surface area contributed by atoms with Crippen LogP contribution in [0.5, 0.6) is 0 Å². The predicted octanol–water partition coefficient (Wildman–Crippen LogP) is 1.92. The third-order valence-electron chi connectivity index (χ3n) is 3.88. The molecular formula is C12H13F4N3. The Kier molecular flexibility index (Phi) is 3.08. The molecule has 19 heavy (non-hydrogen) atoms. The molecule has 0 saturated carbocycles. The summed E-state index contributed by atoms with van der Waals surface area (Å²) in [5.74, 6) is -6.01. The Morgan fingerprint density at radius 3 is 2.32 bits per heavy atom. The molecule has 2 saturated heterocycles. The summed E-state index contributed by atoms with van der Waals surface area (Å²) in [5.41, 5.74) is -0.628. The van der Waals surface area contributed by atoms with Gasteiger partial charge in [0.1, 0.15) is 5.69 Å². The molecule has 1 aromatic heterocycles. The van der Waals surface area contributed by atoms with Crippen LogP contribution in [0.3, 0.4) is 0 Å². The summed E-state index contributed by atoms with van der Waals surface area (Å²) in [5, 5.41) is 0. The van der Waals surface area contributed by atoms with Crippen molar-refractivity contribution in [1.82, 2.24) is 9.88 Å². The SMILES string of the molecule is Fc1nc(F)c(F)c(N2CCN3CCCC3C2)c1F. The van der Waals surface area contributed by atoms with Gasteiger partial charge in [0.25, 0.3) is 11.9 Å². The van der Waals surface area contributed by atoms with Gasteiger partial charge < -0.3 is 4.90 Å². The molecule has 0 radical (unpaired) electrons. The molecule has 0 spiro atoms. The fourth-order valence-corrected chi connectivity index (χ4v) is 2.95. The Morgan fingerprint density at radius 2 is 1.63 bits per heavy atom. The molecule has 0 aromatic carbocycles. The molecule has 0 bridgehead atoms. The van der Waals surface area contributed by atoms with Crippen molar-refractivity contribution in [3.63, 3.8) is 0 Å². The quantitative estimate of drug-likeness (QED) is 0.576. The van der Waals surface area contributed by atoms with E-state index < -0.39 is 29.2 Å². The van der Waals surface area contributed by atoms with Gasteiger partial charge in [0, 0.05) is 25.7 Å². The maximum absolute atomic E-state index is 13.7. The second-order valence-electron chi connectivity index (χ2n) is 4.95. The first-order chi connectivity index (χ1) is 9.08. The van der Waals surface area contributed by atoms with E-state index in [1.807, 2.05) is 0 Å². The molecule has 7 heteroatoms. The van der Waals surface area contributed by atoms with Gasteiger partial charge in [0.05, 0.1) is 0 Å². The molecule has 3 nitrogen and oxygen atoms in total. The monoisotopic (exact) mass is 275 g/mol. The zero-order valence-electron chi connectivity index (χ0n) is 10.2. The summed E-state index contributed by atoms with van der Waals surface area (Å²) in [6.45, 7) is 2.36. The first-order valence-corrected chi connectivity index (χ1v) is 6.27. The summed E-state index contributed by atoms with van der Waals surface area (Å²) in [6.07, 6.45) is 1.98. The van der Waals surface area contributed by atoms with Gasteiger partial charge in [-0.1, -0.05) is 0 Å². The third kappa shape index (κ3) is 2.05. The molecule has 2 aliphatic rings. The van der Waals surface area contributed by atoms with Crippen LogP contribution in [0.25, 0.3) is 0 Å². The van der Waals surface area contributed by atoms with Gasteiger partial charge in [0.15, 0.2) is 0 Å². The maximum Gasteiger partial charge on any atom is 0.253 e. The van der Waals surface area contributed by atoms with Crippen LogP contribution >= 0.6 is 0 Å². The fraction of sp³-hybridized carbons (Fsp3) is 0.583. The predicted molar refractivity (Wildman–Crippen MR) is 60.9 cm³/mol. The number of fused-ring (bicyclic) bond motifs is 1. The van der Waals surface area contributed by atoms with Gasteiger partial charge in [-0.2, -0.15) is 22.5 Å². The van der Waals surface area contributed by atoms with E-state index in [0.29, 0.717) is 19.6 Å². The summed E-state index contributed by atoms with van der Waals surface area (Å²) in [7, 11) is 0. The van der Waals surface area contributed by atoms with E-state index in [1.54, 1.807) is 0 Å². The highest BCUT2D eigenvalue weighted by Gasteiger charge is 2.34. The van der Waals surface area contributed by atoms with E-state index in [0.717, 1.165) is 19.4 Å².